The van der Waals surface area contributed by atoms with Crippen molar-refractivity contribution < 1.29 is 9.90 Å². The minimum atomic E-state index is 0.106. The first-order valence-electron chi connectivity index (χ1n) is 6.49. The lowest BCUT2D eigenvalue weighted by Gasteiger charge is -2.08. The van der Waals surface area contributed by atoms with E-state index in [2.05, 4.69) is 10.6 Å². The van der Waals surface area contributed by atoms with Crippen molar-refractivity contribution in [2.75, 3.05) is 13.1 Å². The quantitative estimate of drug-likeness (QED) is 0.738. The normalized spacial score (nSPS) is 18.8. The minimum absolute atomic E-state index is 0.106. The standard InChI is InChI=1S/C14H20N2O2/c17-13-4-1-11(2-5-13)10-16-14(18)6-3-12-7-8-15-9-12/h1-2,4-5,12,15,17H,3,6-10H2,(H,16,18). The van der Waals surface area contributed by atoms with Crippen molar-refractivity contribution in [3.05, 3.63) is 29.8 Å². The van der Waals surface area contributed by atoms with E-state index in [4.69, 9.17) is 5.11 Å². The van der Waals surface area contributed by atoms with E-state index < -0.39 is 0 Å². The molecular weight excluding hydrogens is 228 g/mol. The maximum Gasteiger partial charge on any atom is 0.220 e. The van der Waals surface area contributed by atoms with E-state index in [0.29, 0.717) is 18.9 Å². The number of benzene rings is 1. The van der Waals surface area contributed by atoms with E-state index in [1.165, 1.54) is 6.42 Å². The Balaban J connectivity index is 1.66. The number of carbonyl (C=O) groups is 1. The zero-order valence-corrected chi connectivity index (χ0v) is 10.5. The van der Waals surface area contributed by atoms with E-state index in [1.807, 2.05) is 12.1 Å². The summed E-state index contributed by atoms with van der Waals surface area (Å²) in [5.41, 5.74) is 1.00. The van der Waals surface area contributed by atoms with Gasteiger partial charge >= 0.3 is 0 Å². The number of hydrogen-bond acceptors (Lipinski definition) is 3. The number of aromatic hydroxyl groups is 1. The van der Waals surface area contributed by atoms with Crippen molar-refractivity contribution >= 4 is 5.91 Å². The molecule has 1 aromatic rings. The van der Waals surface area contributed by atoms with Crippen LogP contribution in [0.15, 0.2) is 24.3 Å². The third-order valence-electron chi connectivity index (χ3n) is 3.37. The molecule has 2 rings (SSSR count). The van der Waals surface area contributed by atoms with Crippen molar-refractivity contribution in [3.63, 3.8) is 0 Å². The highest BCUT2D eigenvalue weighted by molar-refractivity contribution is 5.75. The number of carbonyl (C=O) groups excluding carboxylic acids is 1. The van der Waals surface area contributed by atoms with Crippen molar-refractivity contribution in [2.24, 2.45) is 5.92 Å². The predicted octanol–water partition coefficient (Wildman–Crippen LogP) is 1.40. The number of phenolic OH excluding ortho intramolecular Hbond substituents is 1. The third-order valence-corrected chi connectivity index (χ3v) is 3.37. The summed E-state index contributed by atoms with van der Waals surface area (Å²) in [5.74, 6) is 1.01. The Morgan fingerprint density at radius 2 is 2.17 bits per heavy atom. The largest absolute Gasteiger partial charge is 0.508 e. The van der Waals surface area contributed by atoms with Crippen LogP contribution in [0.3, 0.4) is 0 Å². The monoisotopic (exact) mass is 248 g/mol. The van der Waals surface area contributed by atoms with Crippen LogP contribution in [0.4, 0.5) is 0 Å². The lowest BCUT2D eigenvalue weighted by molar-refractivity contribution is -0.121. The van der Waals surface area contributed by atoms with Gasteiger partial charge in [-0.05, 0) is 49.5 Å². The smallest absolute Gasteiger partial charge is 0.220 e. The Kier molecular flexibility index (Phi) is 4.59. The number of amides is 1. The third kappa shape index (κ3) is 4.04. The lowest BCUT2D eigenvalue weighted by Crippen LogP contribution is -2.23. The van der Waals surface area contributed by atoms with Gasteiger partial charge in [0.1, 0.15) is 5.75 Å². The van der Waals surface area contributed by atoms with E-state index in [-0.39, 0.29) is 11.7 Å². The summed E-state index contributed by atoms with van der Waals surface area (Å²) in [6.07, 6.45) is 2.75. The fourth-order valence-corrected chi connectivity index (χ4v) is 2.20. The summed E-state index contributed by atoms with van der Waals surface area (Å²) in [7, 11) is 0. The summed E-state index contributed by atoms with van der Waals surface area (Å²) < 4.78 is 0. The Bertz CT molecular complexity index is 383. The first-order chi connectivity index (χ1) is 8.74. The second-order valence-electron chi connectivity index (χ2n) is 4.84. The van der Waals surface area contributed by atoms with Crippen molar-refractivity contribution in [1.29, 1.82) is 0 Å². The molecule has 1 aliphatic heterocycles. The van der Waals surface area contributed by atoms with Crippen LogP contribution >= 0.6 is 0 Å². The molecule has 4 nitrogen and oxygen atoms in total. The van der Waals surface area contributed by atoms with Gasteiger partial charge in [-0.2, -0.15) is 0 Å². The van der Waals surface area contributed by atoms with Crippen LogP contribution in [-0.2, 0) is 11.3 Å². The minimum Gasteiger partial charge on any atom is -0.508 e. The molecule has 0 radical (unpaired) electrons. The number of rotatable bonds is 5. The van der Waals surface area contributed by atoms with Crippen LogP contribution in [-0.4, -0.2) is 24.1 Å². The van der Waals surface area contributed by atoms with E-state index in [0.717, 1.165) is 25.1 Å². The Labute approximate surface area is 107 Å². The van der Waals surface area contributed by atoms with Crippen molar-refractivity contribution in [3.8, 4) is 5.75 Å². The van der Waals surface area contributed by atoms with Gasteiger partial charge in [-0.1, -0.05) is 12.1 Å². The fraction of sp³-hybridized carbons (Fsp3) is 0.500. The molecule has 98 valence electrons. The summed E-state index contributed by atoms with van der Waals surface area (Å²) in [4.78, 5) is 11.7. The highest BCUT2D eigenvalue weighted by Crippen LogP contribution is 2.14. The number of phenols is 1. The van der Waals surface area contributed by atoms with E-state index in [9.17, 15) is 4.79 Å². The van der Waals surface area contributed by atoms with Gasteiger partial charge in [0.15, 0.2) is 0 Å². The lowest BCUT2D eigenvalue weighted by atomic mass is 10.0. The topological polar surface area (TPSA) is 61.4 Å². The first-order valence-corrected chi connectivity index (χ1v) is 6.49. The van der Waals surface area contributed by atoms with Crippen LogP contribution in [0.5, 0.6) is 5.75 Å². The highest BCUT2D eigenvalue weighted by Gasteiger charge is 2.15. The molecule has 18 heavy (non-hydrogen) atoms. The molecule has 3 N–H and O–H groups in total. The van der Waals surface area contributed by atoms with E-state index in [1.54, 1.807) is 12.1 Å². The molecule has 0 bridgehead atoms. The summed E-state index contributed by atoms with van der Waals surface area (Å²) in [6, 6.07) is 6.89. The summed E-state index contributed by atoms with van der Waals surface area (Å²) >= 11 is 0. The van der Waals surface area contributed by atoms with Gasteiger partial charge in [0.25, 0.3) is 0 Å². The summed E-state index contributed by atoms with van der Waals surface area (Å²) in [5, 5.41) is 15.4. The van der Waals surface area contributed by atoms with Gasteiger partial charge in [0.05, 0.1) is 0 Å². The zero-order valence-electron chi connectivity index (χ0n) is 10.5. The zero-order chi connectivity index (χ0) is 12.8. The molecule has 0 saturated carbocycles. The Morgan fingerprint density at radius 3 is 2.83 bits per heavy atom. The molecule has 0 aromatic heterocycles. The number of hydrogen-bond donors (Lipinski definition) is 3. The van der Waals surface area contributed by atoms with Crippen molar-refractivity contribution in [1.82, 2.24) is 10.6 Å². The van der Waals surface area contributed by atoms with Crippen LogP contribution in [0.2, 0.25) is 0 Å². The molecule has 1 unspecified atom stereocenters. The van der Waals surface area contributed by atoms with Crippen LogP contribution in [0.1, 0.15) is 24.8 Å². The van der Waals surface area contributed by atoms with Gasteiger partial charge in [0.2, 0.25) is 5.91 Å². The molecule has 1 saturated heterocycles. The van der Waals surface area contributed by atoms with Gasteiger partial charge in [-0.15, -0.1) is 0 Å². The highest BCUT2D eigenvalue weighted by atomic mass is 16.3. The maximum absolute atomic E-state index is 11.7. The average molecular weight is 248 g/mol. The van der Waals surface area contributed by atoms with Gasteiger partial charge in [-0.25, -0.2) is 0 Å². The molecule has 0 aliphatic carbocycles. The predicted molar refractivity (Wildman–Crippen MR) is 70.2 cm³/mol. The van der Waals surface area contributed by atoms with Crippen LogP contribution < -0.4 is 10.6 Å². The molecule has 1 amide bonds. The Morgan fingerprint density at radius 1 is 1.39 bits per heavy atom. The van der Waals surface area contributed by atoms with Gasteiger partial charge in [0, 0.05) is 13.0 Å². The number of nitrogens with one attached hydrogen (secondary N) is 2. The average Bonchev–Trinajstić information content (AvgIpc) is 2.89. The Hall–Kier alpha value is -1.55. The van der Waals surface area contributed by atoms with Gasteiger partial charge < -0.3 is 15.7 Å². The molecule has 1 heterocycles. The first kappa shape index (κ1) is 12.9. The molecule has 4 heteroatoms. The molecule has 1 atom stereocenters. The van der Waals surface area contributed by atoms with Crippen molar-refractivity contribution in [2.45, 2.75) is 25.8 Å². The SMILES string of the molecule is O=C(CCC1CCNC1)NCc1ccc(O)cc1. The maximum atomic E-state index is 11.7. The molecular formula is C14H20N2O2. The molecule has 0 spiro atoms. The summed E-state index contributed by atoms with van der Waals surface area (Å²) in [6.45, 7) is 2.66. The van der Waals surface area contributed by atoms with Crippen LogP contribution in [0.25, 0.3) is 0 Å². The molecule has 1 fully saturated rings. The van der Waals surface area contributed by atoms with Gasteiger partial charge in [-0.3, -0.25) is 4.79 Å². The second-order valence-corrected chi connectivity index (χ2v) is 4.84. The second kappa shape index (κ2) is 6.40. The van der Waals surface area contributed by atoms with E-state index >= 15 is 0 Å². The molecule has 1 aromatic carbocycles. The molecule has 1 aliphatic rings. The van der Waals surface area contributed by atoms with Crippen LogP contribution in [0, 0.1) is 5.92 Å². The fourth-order valence-electron chi connectivity index (χ4n) is 2.20.